The Morgan fingerprint density at radius 1 is 1.03 bits per heavy atom. The Balaban J connectivity index is 1.45. The van der Waals surface area contributed by atoms with Crippen LogP contribution in [-0.4, -0.2) is 54.1 Å². The number of nitrogens with zero attached hydrogens (tertiary/aromatic N) is 6. The number of imidazole rings is 1. The van der Waals surface area contributed by atoms with Gasteiger partial charge in [-0.1, -0.05) is 0 Å². The van der Waals surface area contributed by atoms with Gasteiger partial charge < -0.3 is 9.88 Å². The highest BCUT2D eigenvalue weighted by molar-refractivity contribution is 7.08. The summed E-state index contributed by atoms with van der Waals surface area (Å²) in [5, 5.41) is 11.8. The first kappa shape index (κ1) is 19.7. The predicted octanol–water partition coefficient (Wildman–Crippen LogP) is 4.75. The molecule has 0 aliphatic rings. The standard InChI is InChI=1S/C24H20N8S/c1-32(2)12-14-9-16(11-25-10-14)18-3-4-19-21(27-18)22(31-30-19)24-28-20-17(15-6-8-33-13-15)5-7-26-23(20)29-24/h3-11,13H,12H2,1-2H3,(H,30,31)(H,26,28,29). The van der Waals surface area contributed by atoms with E-state index in [0.29, 0.717) is 17.2 Å². The summed E-state index contributed by atoms with van der Waals surface area (Å²) in [7, 11) is 4.08. The van der Waals surface area contributed by atoms with Crippen molar-refractivity contribution in [1.29, 1.82) is 0 Å². The summed E-state index contributed by atoms with van der Waals surface area (Å²) in [6.45, 7) is 0.818. The average Bonchev–Trinajstić information content (AvgIpc) is 3.57. The number of nitrogens with one attached hydrogen (secondary N) is 2. The van der Waals surface area contributed by atoms with Crippen molar-refractivity contribution < 1.29 is 0 Å². The highest BCUT2D eigenvalue weighted by atomic mass is 32.1. The van der Waals surface area contributed by atoms with E-state index in [1.165, 1.54) is 0 Å². The molecule has 33 heavy (non-hydrogen) atoms. The first-order chi connectivity index (χ1) is 16.2. The fourth-order valence-corrected chi connectivity index (χ4v) is 4.64. The van der Waals surface area contributed by atoms with Gasteiger partial charge in [-0.25, -0.2) is 15.0 Å². The molecule has 6 aromatic rings. The Bertz CT molecular complexity index is 1580. The molecule has 6 heterocycles. The van der Waals surface area contributed by atoms with Crippen molar-refractivity contribution in [2.24, 2.45) is 0 Å². The van der Waals surface area contributed by atoms with Crippen LogP contribution in [-0.2, 0) is 6.54 Å². The third kappa shape index (κ3) is 3.57. The molecule has 0 aliphatic carbocycles. The molecule has 0 amide bonds. The van der Waals surface area contributed by atoms with Crippen LogP contribution in [0.25, 0.3) is 56.1 Å². The van der Waals surface area contributed by atoms with Crippen molar-refractivity contribution in [3.8, 4) is 33.9 Å². The van der Waals surface area contributed by atoms with Gasteiger partial charge in [0.25, 0.3) is 0 Å². The van der Waals surface area contributed by atoms with Gasteiger partial charge >= 0.3 is 0 Å². The fraction of sp³-hybridized carbons (Fsp3) is 0.125. The van der Waals surface area contributed by atoms with Crippen LogP contribution >= 0.6 is 11.3 Å². The van der Waals surface area contributed by atoms with Gasteiger partial charge in [-0.15, -0.1) is 0 Å². The zero-order chi connectivity index (χ0) is 22.4. The quantitative estimate of drug-likeness (QED) is 0.392. The second kappa shape index (κ2) is 7.88. The summed E-state index contributed by atoms with van der Waals surface area (Å²) in [6, 6.07) is 10.2. The molecule has 0 atom stereocenters. The molecule has 0 radical (unpaired) electrons. The first-order valence-electron chi connectivity index (χ1n) is 10.5. The third-order valence-corrected chi connectivity index (χ3v) is 6.13. The molecule has 8 nitrogen and oxygen atoms in total. The Morgan fingerprint density at radius 3 is 2.82 bits per heavy atom. The van der Waals surface area contributed by atoms with Gasteiger partial charge in [0.1, 0.15) is 5.52 Å². The van der Waals surface area contributed by atoms with Gasteiger partial charge in [-0.2, -0.15) is 16.4 Å². The summed E-state index contributed by atoms with van der Waals surface area (Å²) in [4.78, 5) is 24.0. The molecule has 0 saturated heterocycles. The number of aromatic amines is 2. The SMILES string of the molecule is CN(C)Cc1cncc(-c2ccc3[nH]nc(-c4nc5nccc(-c6ccsc6)c5[nH]4)c3n2)c1. The average molecular weight is 453 g/mol. The number of aromatic nitrogens is 7. The number of hydrogen-bond acceptors (Lipinski definition) is 7. The second-order valence-corrected chi connectivity index (χ2v) is 8.92. The van der Waals surface area contributed by atoms with Crippen LogP contribution in [0.1, 0.15) is 5.56 Å². The molecule has 0 bridgehead atoms. The molecule has 0 saturated carbocycles. The number of H-pyrrole nitrogens is 2. The van der Waals surface area contributed by atoms with Crippen LogP contribution in [0.5, 0.6) is 0 Å². The zero-order valence-corrected chi connectivity index (χ0v) is 18.9. The summed E-state index contributed by atoms with van der Waals surface area (Å²) in [5.41, 5.74) is 8.95. The van der Waals surface area contributed by atoms with E-state index in [4.69, 9.17) is 9.97 Å². The second-order valence-electron chi connectivity index (χ2n) is 8.14. The van der Waals surface area contributed by atoms with E-state index in [2.05, 4.69) is 52.9 Å². The van der Waals surface area contributed by atoms with E-state index in [9.17, 15) is 0 Å². The molecule has 6 rings (SSSR count). The Labute approximate surface area is 193 Å². The first-order valence-corrected chi connectivity index (χ1v) is 11.4. The van der Waals surface area contributed by atoms with Crippen molar-refractivity contribution in [2.75, 3.05) is 14.1 Å². The minimum Gasteiger partial charge on any atom is -0.335 e. The van der Waals surface area contributed by atoms with Crippen molar-refractivity contribution in [3.05, 3.63) is 65.2 Å². The largest absolute Gasteiger partial charge is 0.335 e. The Kier molecular flexibility index (Phi) is 4.70. The van der Waals surface area contributed by atoms with Gasteiger partial charge in [0, 0.05) is 36.3 Å². The molecule has 0 aliphatic heterocycles. The van der Waals surface area contributed by atoms with Gasteiger partial charge in [0.2, 0.25) is 0 Å². The summed E-state index contributed by atoms with van der Waals surface area (Å²) in [6.07, 6.45) is 5.51. The van der Waals surface area contributed by atoms with Crippen molar-refractivity contribution >= 4 is 33.5 Å². The molecule has 0 unspecified atom stereocenters. The van der Waals surface area contributed by atoms with Crippen molar-refractivity contribution in [1.82, 2.24) is 40.0 Å². The smallest absolute Gasteiger partial charge is 0.178 e. The predicted molar refractivity (Wildman–Crippen MR) is 131 cm³/mol. The maximum Gasteiger partial charge on any atom is 0.178 e. The van der Waals surface area contributed by atoms with Gasteiger partial charge in [-0.05, 0) is 66.3 Å². The van der Waals surface area contributed by atoms with Gasteiger partial charge in [-0.3, -0.25) is 10.1 Å². The monoisotopic (exact) mass is 452 g/mol. The van der Waals surface area contributed by atoms with Crippen LogP contribution in [0.4, 0.5) is 0 Å². The molecule has 0 fully saturated rings. The van der Waals surface area contributed by atoms with E-state index in [0.717, 1.165) is 51.0 Å². The normalized spacial score (nSPS) is 11.7. The summed E-state index contributed by atoms with van der Waals surface area (Å²) in [5.74, 6) is 0.635. The molecule has 162 valence electrons. The maximum absolute atomic E-state index is 4.92. The van der Waals surface area contributed by atoms with E-state index in [-0.39, 0.29) is 0 Å². The van der Waals surface area contributed by atoms with Gasteiger partial charge in [0.05, 0.1) is 16.7 Å². The molecule has 0 aromatic carbocycles. The Morgan fingerprint density at radius 2 is 1.97 bits per heavy atom. The van der Waals surface area contributed by atoms with Gasteiger partial charge in [0.15, 0.2) is 17.2 Å². The molecular formula is C24H20N8S. The highest BCUT2D eigenvalue weighted by Crippen LogP contribution is 2.31. The molecular weight excluding hydrogens is 432 g/mol. The Hall–Kier alpha value is -3.95. The van der Waals surface area contributed by atoms with E-state index >= 15 is 0 Å². The van der Waals surface area contributed by atoms with E-state index < -0.39 is 0 Å². The van der Waals surface area contributed by atoms with Crippen LogP contribution in [0.15, 0.2) is 59.7 Å². The number of pyridine rings is 3. The number of fused-ring (bicyclic) bond motifs is 2. The van der Waals surface area contributed by atoms with Crippen LogP contribution < -0.4 is 0 Å². The van der Waals surface area contributed by atoms with Crippen LogP contribution in [0.2, 0.25) is 0 Å². The minimum atomic E-state index is 0.635. The van der Waals surface area contributed by atoms with Crippen LogP contribution in [0, 0.1) is 0 Å². The van der Waals surface area contributed by atoms with Crippen LogP contribution in [0.3, 0.4) is 0 Å². The molecule has 2 N–H and O–H groups in total. The highest BCUT2D eigenvalue weighted by Gasteiger charge is 2.17. The lowest BCUT2D eigenvalue weighted by atomic mass is 10.1. The molecule has 0 spiro atoms. The molecule has 6 aromatic heterocycles. The van der Waals surface area contributed by atoms with Crippen molar-refractivity contribution in [2.45, 2.75) is 6.54 Å². The zero-order valence-electron chi connectivity index (χ0n) is 18.1. The number of hydrogen-bond donors (Lipinski definition) is 2. The van der Waals surface area contributed by atoms with E-state index in [1.807, 2.05) is 44.7 Å². The van der Waals surface area contributed by atoms with E-state index in [1.54, 1.807) is 17.5 Å². The topological polar surface area (TPSA) is 99.3 Å². The maximum atomic E-state index is 4.92. The number of rotatable bonds is 5. The summed E-state index contributed by atoms with van der Waals surface area (Å²) < 4.78 is 0. The lowest BCUT2D eigenvalue weighted by molar-refractivity contribution is 0.402. The number of thiophene rings is 1. The molecule has 9 heteroatoms. The summed E-state index contributed by atoms with van der Waals surface area (Å²) >= 11 is 1.66. The lowest BCUT2D eigenvalue weighted by Crippen LogP contribution is -2.10. The fourth-order valence-electron chi connectivity index (χ4n) is 3.99. The van der Waals surface area contributed by atoms with Crippen molar-refractivity contribution in [3.63, 3.8) is 0 Å². The third-order valence-electron chi connectivity index (χ3n) is 5.45. The lowest BCUT2D eigenvalue weighted by Gasteiger charge is -2.10. The minimum absolute atomic E-state index is 0.635.